The van der Waals surface area contributed by atoms with E-state index in [9.17, 15) is 21.6 Å². The van der Waals surface area contributed by atoms with Crippen molar-refractivity contribution >= 4 is 33.0 Å². The maximum atomic E-state index is 13.1. The zero-order valence-electron chi connectivity index (χ0n) is 13.6. The van der Waals surface area contributed by atoms with Gasteiger partial charge in [0.05, 0.1) is 22.2 Å². The molecule has 0 saturated carbocycles. The Labute approximate surface area is 165 Å². The minimum Gasteiger partial charge on any atom is -0.204 e. The minimum absolute atomic E-state index is 0.0904. The average Bonchev–Trinajstić information content (AvgIpc) is 3.06. The number of hydrogen-bond acceptors (Lipinski definition) is 5. The van der Waals surface area contributed by atoms with Crippen LogP contribution in [0.5, 0.6) is 0 Å². The molecule has 0 fully saturated rings. The Morgan fingerprint density at radius 1 is 1.11 bits per heavy atom. The van der Waals surface area contributed by atoms with Gasteiger partial charge in [0.1, 0.15) is 0 Å². The summed E-state index contributed by atoms with van der Waals surface area (Å²) >= 11 is 5.87. The summed E-state index contributed by atoms with van der Waals surface area (Å²) in [5.41, 5.74) is 0.386. The van der Waals surface area contributed by atoms with Crippen molar-refractivity contribution in [1.82, 2.24) is 9.78 Å². The number of alkyl halides is 3. The van der Waals surface area contributed by atoms with Crippen LogP contribution in [0.2, 0.25) is 5.02 Å². The highest BCUT2D eigenvalue weighted by Gasteiger charge is 2.36. The molecule has 1 heterocycles. The molecular formula is C16H8ClF3N4O2S2. The van der Waals surface area contributed by atoms with Crippen LogP contribution < -0.4 is 4.80 Å². The van der Waals surface area contributed by atoms with Crippen LogP contribution >= 0.6 is 22.9 Å². The van der Waals surface area contributed by atoms with E-state index < -0.39 is 26.0 Å². The predicted molar refractivity (Wildman–Crippen MR) is 95.4 cm³/mol. The fourth-order valence-electron chi connectivity index (χ4n) is 2.06. The summed E-state index contributed by atoms with van der Waals surface area (Å²) < 4.78 is 68.6. The molecule has 0 N–H and O–H groups in total. The van der Waals surface area contributed by atoms with Gasteiger partial charge in [-0.1, -0.05) is 22.9 Å². The van der Waals surface area contributed by atoms with E-state index in [1.165, 1.54) is 36.4 Å². The van der Waals surface area contributed by atoms with Crippen LogP contribution in [0.25, 0.3) is 5.69 Å². The maximum Gasteiger partial charge on any atom is 0.445 e. The highest BCUT2D eigenvalue weighted by molar-refractivity contribution is 7.90. The summed E-state index contributed by atoms with van der Waals surface area (Å²) in [5, 5.41) is 11.3. The average molecular weight is 445 g/mol. The van der Waals surface area contributed by atoms with E-state index in [1.54, 1.807) is 0 Å². The van der Waals surface area contributed by atoms with Crippen molar-refractivity contribution in [3.8, 4) is 11.8 Å². The van der Waals surface area contributed by atoms with Crippen molar-refractivity contribution < 1.29 is 21.6 Å². The zero-order chi connectivity index (χ0) is 20.5. The Hall–Kier alpha value is -2.68. The van der Waals surface area contributed by atoms with Gasteiger partial charge in [-0.3, -0.25) is 0 Å². The molecule has 12 heteroatoms. The van der Waals surface area contributed by atoms with Crippen LogP contribution in [0.15, 0.2) is 57.8 Å². The molecule has 0 saturated heterocycles. The minimum atomic E-state index is -4.77. The SMILES string of the molecule is N#Cc1ccc(S(=O)(=O)/N=c2/sc(C(F)(F)F)nn2-c2ccc(Cl)cc2)cc1. The lowest BCUT2D eigenvalue weighted by atomic mass is 10.2. The number of rotatable bonds is 3. The monoisotopic (exact) mass is 444 g/mol. The molecule has 2 aromatic carbocycles. The molecule has 0 aliphatic heterocycles. The number of benzene rings is 2. The van der Waals surface area contributed by atoms with E-state index in [0.29, 0.717) is 5.02 Å². The van der Waals surface area contributed by atoms with Crippen LogP contribution in [0.4, 0.5) is 13.2 Å². The second-order valence-corrected chi connectivity index (χ2v) is 8.27. The van der Waals surface area contributed by atoms with E-state index in [0.717, 1.165) is 16.8 Å². The summed E-state index contributed by atoms with van der Waals surface area (Å²) in [4.78, 5) is -0.755. The molecule has 28 heavy (non-hydrogen) atoms. The Morgan fingerprint density at radius 3 is 2.25 bits per heavy atom. The lowest BCUT2D eigenvalue weighted by Crippen LogP contribution is -2.17. The number of hydrogen-bond donors (Lipinski definition) is 0. The van der Waals surface area contributed by atoms with E-state index in [4.69, 9.17) is 16.9 Å². The van der Waals surface area contributed by atoms with E-state index in [1.807, 2.05) is 6.07 Å². The zero-order valence-corrected chi connectivity index (χ0v) is 15.9. The molecule has 6 nitrogen and oxygen atoms in total. The number of halogens is 4. The smallest absolute Gasteiger partial charge is 0.204 e. The molecule has 0 aliphatic carbocycles. The lowest BCUT2D eigenvalue weighted by molar-refractivity contribution is -0.138. The van der Waals surface area contributed by atoms with Crippen LogP contribution in [-0.4, -0.2) is 18.2 Å². The lowest BCUT2D eigenvalue weighted by Gasteiger charge is -2.02. The highest BCUT2D eigenvalue weighted by atomic mass is 35.5. The summed E-state index contributed by atoms with van der Waals surface area (Å²) in [7, 11) is -4.34. The molecule has 0 spiro atoms. The third-order valence-corrected chi connectivity index (χ3v) is 5.96. The molecule has 3 rings (SSSR count). The Balaban J connectivity index is 2.19. The summed E-state index contributed by atoms with van der Waals surface area (Å²) in [6.45, 7) is 0. The number of sulfonamides is 1. The number of nitrogens with zero attached hydrogens (tertiary/aromatic N) is 4. The van der Waals surface area contributed by atoms with Crippen molar-refractivity contribution in [1.29, 1.82) is 5.26 Å². The predicted octanol–water partition coefficient (Wildman–Crippen LogP) is 3.77. The van der Waals surface area contributed by atoms with Crippen LogP contribution in [-0.2, 0) is 16.2 Å². The summed E-state index contributed by atoms with van der Waals surface area (Å²) in [6, 6.07) is 12.3. The first-order chi connectivity index (χ1) is 13.1. The standard InChI is InChI=1S/C16H8ClF3N4O2S2/c17-11-3-5-12(6-4-11)24-15(27-14(22-24)16(18,19)20)23-28(25,26)13-7-1-10(9-21)2-8-13/h1-8H/b23-15+. The van der Waals surface area contributed by atoms with Gasteiger partial charge >= 0.3 is 6.18 Å². The van der Waals surface area contributed by atoms with Gasteiger partial charge in [0, 0.05) is 5.02 Å². The van der Waals surface area contributed by atoms with E-state index >= 15 is 0 Å². The number of nitriles is 1. The molecule has 0 aliphatic rings. The van der Waals surface area contributed by atoms with Gasteiger partial charge in [0.15, 0.2) is 0 Å². The van der Waals surface area contributed by atoms with Crippen LogP contribution in [0.1, 0.15) is 10.6 Å². The Bertz CT molecular complexity index is 1220. The molecule has 0 bridgehead atoms. The van der Waals surface area contributed by atoms with Gasteiger partial charge in [0.25, 0.3) is 10.0 Å². The quantitative estimate of drug-likeness (QED) is 0.615. The molecule has 144 valence electrons. The topological polar surface area (TPSA) is 88.1 Å². The first kappa shape index (κ1) is 20.1. The van der Waals surface area contributed by atoms with Gasteiger partial charge < -0.3 is 0 Å². The van der Waals surface area contributed by atoms with Gasteiger partial charge in [-0.15, -0.1) is 9.50 Å². The fourth-order valence-corrected chi connectivity index (χ4v) is 4.14. The molecule has 0 atom stereocenters. The molecule has 0 amide bonds. The molecule has 3 aromatic rings. The largest absolute Gasteiger partial charge is 0.445 e. The van der Waals surface area contributed by atoms with Gasteiger partial charge in [-0.25, -0.2) is 4.68 Å². The first-order valence-electron chi connectivity index (χ1n) is 7.34. The molecule has 0 radical (unpaired) electrons. The second-order valence-electron chi connectivity index (χ2n) is 5.28. The van der Waals surface area contributed by atoms with Gasteiger partial charge in [-0.05, 0) is 48.5 Å². The number of aromatic nitrogens is 2. The van der Waals surface area contributed by atoms with Crippen LogP contribution in [0, 0.1) is 11.3 Å². The second kappa shape index (κ2) is 7.38. The van der Waals surface area contributed by atoms with Gasteiger partial charge in [0.2, 0.25) is 9.81 Å². The third kappa shape index (κ3) is 4.24. The van der Waals surface area contributed by atoms with E-state index in [2.05, 4.69) is 9.50 Å². The first-order valence-corrected chi connectivity index (χ1v) is 9.98. The Morgan fingerprint density at radius 2 is 1.71 bits per heavy atom. The Kier molecular flexibility index (Phi) is 5.29. The maximum absolute atomic E-state index is 13.1. The molecular weight excluding hydrogens is 437 g/mol. The molecule has 0 unspecified atom stereocenters. The van der Waals surface area contributed by atoms with Crippen LogP contribution in [0.3, 0.4) is 0 Å². The summed E-state index contributed by atoms with van der Waals surface area (Å²) in [6.07, 6.45) is -4.77. The normalized spacial score (nSPS) is 12.8. The highest BCUT2D eigenvalue weighted by Crippen LogP contribution is 2.30. The summed E-state index contributed by atoms with van der Waals surface area (Å²) in [5.74, 6) is 0. The third-order valence-electron chi connectivity index (χ3n) is 3.35. The fraction of sp³-hybridized carbons (Fsp3) is 0.0625. The van der Waals surface area contributed by atoms with E-state index in [-0.39, 0.29) is 27.5 Å². The van der Waals surface area contributed by atoms with Crippen molar-refractivity contribution in [3.05, 3.63) is 68.9 Å². The van der Waals surface area contributed by atoms with Crippen molar-refractivity contribution in [3.63, 3.8) is 0 Å². The molecule has 1 aromatic heterocycles. The van der Waals surface area contributed by atoms with Crippen molar-refractivity contribution in [2.24, 2.45) is 4.40 Å². The van der Waals surface area contributed by atoms with Gasteiger partial charge in [-0.2, -0.15) is 26.9 Å². The van der Waals surface area contributed by atoms with Crippen molar-refractivity contribution in [2.45, 2.75) is 11.1 Å². The van der Waals surface area contributed by atoms with Crippen molar-refractivity contribution in [2.75, 3.05) is 0 Å².